The van der Waals surface area contributed by atoms with Gasteiger partial charge >= 0.3 is 0 Å². The zero-order valence-electron chi connectivity index (χ0n) is 12.6. The number of hydrogen-bond donors (Lipinski definition) is 2. The lowest BCUT2D eigenvalue weighted by atomic mass is 10.1. The molecule has 0 amide bonds. The molecule has 0 bridgehead atoms. The first-order valence-corrected chi connectivity index (χ1v) is 8.94. The first kappa shape index (κ1) is 16.4. The summed E-state index contributed by atoms with van der Waals surface area (Å²) in [6.07, 6.45) is 2.49. The van der Waals surface area contributed by atoms with Gasteiger partial charge in [0, 0.05) is 25.7 Å². The van der Waals surface area contributed by atoms with Gasteiger partial charge in [0.25, 0.3) is 0 Å². The molecule has 0 saturated heterocycles. The molecule has 0 radical (unpaired) electrons. The van der Waals surface area contributed by atoms with Crippen LogP contribution in [0.15, 0.2) is 24.3 Å². The van der Waals surface area contributed by atoms with Crippen molar-refractivity contribution in [3.63, 3.8) is 0 Å². The molecule has 1 fully saturated rings. The molecule has 2 N–H and O–H groups in total. The molecule has 1 atom stereocenters. The molecule has 5 nitrogen and oxygen atoms in total. The summed E-state index contributed by atoms with van der Waals surface area (Å²) >= 11 is 0. The minimum absolute atomic E-state index is 0.00166. The van der Waals surface area contributed by atoms with E-state index >= 15 is 0 Å². The van der Waals surface area contributed by atoms with E-state index in [9.17, 15) is 8.42 Å². The summed E-state index contributed by atoms with van der Waals surface area (Å²) < 4.78 is 31.7. The number of rotatable bonds is 9. The average Bonchev–Trinajstić information content (AvgIpc) is 3.19. The van der Waals surface area contributed by atoms with Crippen LogP contribution in [0.5, 0.6) is 0 Å². The summed E-state index contributed by atoms with van der Waals surface area (Å²) in [7, 11) is -1.79. The molecule has 0 aliphatic heterocycles. The largest absolute Gasteiger partial charge is 0.383 e. The van der Waals surface area contributed by atoms with Crippen LogP contribution in [0, 0.1) is 0 Å². The van der Waals surface area contributed by atoms with Crippen molar-refractivity contribution in [3.05, 3.63) is 35.4 Å². The van der Waals surface area contributed by atoms with Crippen molar-refractivity contribution < 1.29 is 13.2 Å². The van der Waals surface area contributed by atoms with E-state index < -0.39 is 10.0 Å². The topological polar surface area (TPSA) is 67.4 Å². The molecule has 1 aliphatic carbocycles. The zero-order valence-corrected chi connectivity index (χ0v) is 13.4. The Kier molecular flexibility index (Phi) is 5.75. The van der Waals surface area contributed by atoms with Gasteiger partial charge in [0.15, 0.2) is 0 Å². The predicted octanol–water partition coefficient (Wildman–Crippen LogP) is 1.39. The highest BCUT2D eigenvalue weighted by Crippen LogP contribution is 2.19. The monoisotopic (exact) mass is 312 g/mol. The molecule has 1 saturated carbocycles. The summed E-state index contributed by atoms with van der Waals surface area (Å²) in [5.41, 5.74) is 1.93. The molecular weight excluding hydrogens is 288 g/mol. The molecule has 0 spiro atoms. The van der Waals surface area contributed by atoms with Gasteiger partial charge in [-0.1, -0.05) is 24.3 Å². The van der Waals surface area contributed by atoms with Gasteiger partial charge in [0.1, 0.15) is 0 Å². The Labute approximate surface area is 127 Å². The summed E-state index contributed by atoms with van der Waals surface area (Å²) in [6.45, 7) is 2.95. The molecule has 0 heterocycles. The van der Waals surface area contributed by atoms with Crippen LogP contribution in [0.1, 0.15) is 30.9 Å². The van der Waals surface area contributed by atoms with Crippen molar-refractivity contribution in [2.45, 2.75) is 44.1 Å². The fourth-order valence-electron chi connectivity index (χ4n) is 2.23. The van der Waals surface area contributed by atoms with Crippen LogP contribution in [-0.4, -0.2) is 34.2 Å². The molecule has 21 heavy (non-hydrogen) atoms. The van der Waals surface area contributed by atoms with Gasteiger partial charge in [0.05, 0.1) is 12.4 Å². The number of hydrogen-bond acceptors (Lipinski definition) is 4. The van der Waals surface area contributed by atoms with Crippen LogP contribution in [0.4, 0.5) is 0 Å². The first-order valence-electron chi connectivity index (χ1n) is 7.28. The van der Waals surface area contributed by atoms with Gasteiger partial charge in [-0.25, -0.2) is 13.1 Å². The van der Waals surface area contributed by atoms with Gasteiger partial charge in [0.2, 0.25) is 10.0 Å². The summed E-state index contributed by atoms with van der Waals surface area (Å²) in [5, 5.41) is 3.43. The number of sulfonamides is 1. The van der Waals surface area contributed by atoms with Crippen LogP contribution in [0.2, 0.25) is 0 Å². The Balaban J connectivity index is 1.92. The van der Waals surface area contributed by atoms with E-state index in [-0.39, 0.29) is 11.8 Å². The second-order valence-electron chi connectivity index (χ2n) is 5.71. The van der Waals surface area contributed by atoms with E-state index in [2.05, 4.69) is 10.0 Å². The maximum absolute atomic E-state index is 12.1. The van der Waals surface area contributed by atoms with E-state index in [0.29, 0.717) is 12.6 Å². The second-order valence-corrected chi connectivity index (χ2v) is 7.46. The van der Waals surface area contributed by atoms with Crippen molar-refractivity contribution in [1.82, 2.24) is 10.0 Å². The quantitative estimate of drug-likeness (QED) is 0.723. The van der Waals surface area contributed by atoms with Gasteiger partial charge < -0.3 is 10.1 Å². The molecule has 0 aromatic heterocycles. The predicted molar refractivity (Wildman–Crippen MR) is 83.4 cm³/mol. The molecule has 1 aromatic rings. The smallest absolute Gasteiger partial charge is 0.216 e. The van der Waals surface area contributed by atoms with Gasteiger partial charge in [-0.05, 0) is 30.9 Å². The normalized spacial score (nSPS) is 16.9. The Morgan fingerprint density at radius 1 is 1.33 bits per heavy atom. The van der Waals surface area contributed by atoms with Gasteiger partial charge in [-0.2, -0.15) is 0 Å². The SMILES string of the molecule is COCC(C)NS(=O)(=O)Cc1cccc(CNC2CC2)c1. The summed E-state index contributed by atoms with van der Waals surface area (Å²) in [5.74, 6) is -0.00166. The Hall–Kier alpha value is -0.950. The summed E-state index contributed by atoms with van der Waals surface area (Å²) in [4.78, 5) is 0. The third-order valence-electron chi connectivity index (χ3n) is 3.32. The van der Waals surface area contributed by atoms with Crippen LogP contribution in [0.25, 0.3) is 0 Å². The number of methoxy groups -OCH3 is 1. The van der Waals surface area contributed by atoms with E-state index in [1.165, 1.54) is 12.8 Å². The zero-order chi connectivity index (χ0) is 15.3. The Bertz CT molecular complexity index is 556. The van der Waals surface area contributed by atoms with E-state index in [1.807, 2.05) is 24.3 Å². The van der Waals surface area contributed by atoms with Gasteiger partial charge in [-0.15, -0.1) is 0 Å². The number of ether oxygens (including phenoxy) is 1. The highest BCUT2D eigenvalue weighted by molar-refractivity contribution is 7.88. The van der Waals surface area contributed by atoms with Crippen molar-refractivity contribution in [2.75, 3.05) is 13.7 Å². The van der Waals surface area contributed by atoms with E-state index in [0.717, 1.165) is 17.7 Å². The third kappa shape index (κ3) is 6.13. The first-order chi connectivity index (χ1) is 9.98. The average molecular weight is 312 g/mol. The summed E-state index contributed by atoms with van der Waals surface area (Å²) in [6, 6.07) is 8.16. The lowest BCUT2D eigenvalue weighted by molar-refractivity contribution is 0.180. The van der Waals surface area contributed by atoms with E-state index in [1.54, 1.807) is 14.0 Å². The van der Waals surface area contributed by atoms with Crippen LogP contribution in [0.3, 0.4) is 0 Å². The van der Waals surface area contributed by atoms with Crippen molar-refractivity contribution in [1.29, 1.82) is 0 Å². The standard InChI is InChI=1S/C15H24N2O3S/c1-12(10-20-2)17-21(18,19)11-14-5-3-4-13(8-14)9-16-15-6-7-15/h3-5,8,12,15-17H,6-7,9-11H2,1-2H3. The van der Waals surface area contributed by atoms with Gasteiger partial charge in [-0.3, -0.25) is 0 Å². The van der Waals surface area contributed by atoms with Crippen molar-refractivity contribution in [2.24, 2.45) is 0 Å². The minimum Gasteiger partial charge on any atom is -0.383 e. The maximum Gasteiger partial charge on any atom is 0.216 e. The van der Waals surface area contributed by atoms with Crippen LogP contribution < -0.4 is 10.0 Å². The molecule has 1 aliphatic rings. The van der Waals surface area contributed by atoms with Crippen LogP contribution >= 0.6 is 0 Å². The molecule has 118 valence electrons. The molecule has 2 rings (SSSR count). The van der Waals surface area contributed by atoms with Crippen molar-refractivity contribution in [3.8, 4) is 0 Å². The number of nitrogens with one attached hydrogen (secondary N) is 2. The highest BCUT2D eigenvalue weighted by Gasteiger charge is 2.20. The third-order valence-corrected chi connectivity index (χ3v) is 4.79. The Morgan fingerprint density at radius 3 is 2.71 bits per heavy atom. The molecule has 6 heteroatoms. The maximum atomic E-state index is 12.1. The fraction of sp³-hybridized carbons (Fsp3) is 0.600. The minimum atomic E-state index is -3.34. The van der Waals surface area contributed by atoms with Crippen molar-refractivity contribution >= 4 is 10.0 Å². The molecule has 1 aromatic carbocycles. The highest BCUT2D eigenvalue weighted by atomic mass is 32.2. The van der Waals surface area contributed by atoms with Crippen LogP contribution in [-0.2, 0) is 27.1 Å². The molecule has 1 unspecified atom stereocenters. The lowest BCUT2D eigenvalue weighted by Gasteiger charge is -2.13. The number of benzene rings is 1. The Morgan fingerprint density at radius 2 is 2.05 bits per heavy atom. The molecular formula is C15H24N2O3S. The van der Waals surface area contributed by atoms with E-state index in [4.69, 9.17) is 4.74 Å². The second kappa shape index (κ2) is 7.35. The fourth-order valence-corrected chi connectivity index (χ4v) is 3.61. The lowest BCUT2D eigenvalue weighted by Crippen LogP contribution is -2.36.